The molecule has 0 aromatic heterocycles. The zero-order chi connectivity index (χ0) is 15.2. The lowest BCUT2D eigenvalue weighted by atomic mass is 10.2. The van der Waals surface area contributed by atoms with Gasteiger partial charge >= 0.3 is 0 Å². The number of nitrogens with one attached hydrogen (secondary N) is 2. The molecule has 0 atom stereocenters. The Morgan fingerprint density at radius 1 is 1.43 bits per heavy atom. The van der Waals surface area contributed by atoms with E-state index in [1.165, 1.54) is 4.90 Å². The summed E-state index contributed by atoms with van der Waals surface area (Å²) in [5.74, 6) is -0.243. The van der Waals surface area contributed by atoms with Crippen molar-refractivity contribution in [3.8, 4) is 0 Å². The lowest BCUT2D eigenvalue weighted by Crippen LogP contribution is -3.15. The number of halogens is 1. The van der Waals surface area contributed by atoms with Gasteiger partial charge in [-0.25, -0.2) is 0 Å². The van der Waals surface area contributed by atoms with E-state index in [-0.39, 0.29) is 12.5 Å². The minimum Gasteiger partial charge on any atom is -0.391 e. The van der Waals surface area contributed by atoms with E-state index in [1.54, 1.807) is 24.3 Å². The van der Waals surface area contributed by atoms with Gasteiger partial charge < -0.3 is 14.9 Å². The predicted molar refractivity (Wildman–Crippen MR) is 85.7 cm³/mol. The Morgan fingerprint density at radius 2 is 2.14 bits per heavy atom. The number of amides is 1. The second kappa shape index (κ2) is 7.70. The number of aliphatic hydroxyl groups excluding tert-OH is 1. The molecule has 1 aliphatic heterocycles. The van der Waals surface area contributed by atoms with Crippen LogP contribution < -0.4 is 10.2 Å². The fourth-order valence-electron chi connectivity index (χ4n) is 2.31. The number of piperazine rings is 1. The Balaban J connectivity index is 1.86. The third kappa shape index (κ3) is 4.64. The molecule has 1 aromatic rings. The second-order valence-electron chi connectivity index (χ2n) is 4.98. The number of nitrogens with zero attached hydrogens (tertiary/aromatic N) is 1. The number of quaternary nitrogens is 1. The zero-order valence-electron chi connectivity index (χ0n) is 11.6. The van der Waals surface area contributed by atoms with Gasteiger partial charge in [-0.2, -0.15) is 0 Å². The quantitative estimate of drug-likeness (QED) is 0.658. The summed E-state index contributed by atoms with van der Waals surface area (Å²) in [6, 6.07) is 6.77. The molecule has 0 radical (unpaired) electrons. The lowest BCUT2D eigenvalue weighted by molar-refractivity contribution is -0.904. The van der Waals surface area contributed by atoms with Crippen LogP contribution in [0.1, 0.15) is 10.4 Å². The maximum atomic E-state index is 12.1. The van der Waals surface area contributed by atoms with E-state index < -0.39 is 0 Å². The van der Waals surface area contributed by atoms with Crippen molar-refractivity contribution in [2.24, 2.45) is 0 Å². The predicted octanol–water partition coefficient (Wildman–Crippen LogP) is -0.452. The van der Waals surface area contributed by atoms with Gasteiger partial charge in [0.05, 0.1) is 32.8 Å². The van der Waals surface area contributed by atoms with Gasteiger partial charge in [-0.15, -0.1) is 0 Å². The molecule has 0 aliphatic carbocycles. The summed E-state index contributed by atoms with van der Waals surface area (Å²) in [6.45, 7) is 4.34. The molecule has 1 saturated heterocycles. The summed E-state index contributed by atoms with van der Waals surface area (Å²) in [5, 5.41) is 12.6. The van der Waals surface area contributed by atoms with Crippen molar-refractivity contribution in [2.75, 3.05) is 39.3 Å². The van der Waals surface area contributed by atoms with E-state index in [2.05, 4.69) is 5.32 Å². The Hall–Kier alpha value is -1.21. The molecule has 0 saturated carbocycles. The number of carbonyl (C=O) groups excluding carboxylic acids is 1. The standard InChI is InChI=1S/C14H18ClN3O2S/c15-12-3-1-2-11(10-12)13(20)16-14(21)18-6-4-17(5-7-18)8-9-19/h1-3,10,19H,4-9H2,(H,16,20,21)/p+1. The fraction of sp³-hybridized carbons (Fsp3) is 0.429. The van der Waals surface area contributed by atoms with E-state index in [4.69, 9.17) is 28.9 Å². The lowest BCUT2D eigenvalue weighted by Gasteiger charge is -2.33. The minimum absolute atomic E-state index is 0.200. The van der Waals surface area contributed by atoms with Gasteiger partial charge in [0.2, 0.25) is 0 Å². The van der Waals surface area contributed by atoms with Crippen molar-refractivity contribution >= 4 is 34.8 Å². The first kappa shape index (κ1) is 16.2. The van der Waals surface area contributed by atoms with Gasteiger partial charge in [-0.05, 0) is 30.4 Å². The third-order valence-corrected chi connectivity index (χ3v) is 4.13. The Bertz CT molecular complexity index is 519. The van der Waals surface area contributed by atoms with E-state index in [1.807, 2.05) is 4.90 Å². The van der Waals surface area contributed by atoms with Gasteiger partial charge in [-0.1, -0.05) is 17.7 Å². The molecular formula is C14H19ClN3O2S+. The Labute approximate surface area is 134 Å². The molecule has 2 rings (SSSR count). The normalized spacial score (nSPS) is 15.8. The van der Waals surface area contributed by atoms with Crippen LogP contribution in [-0.2, 0) is 0 Å². The first-order valence-electron chi connectivity index (χ1n) is 6.90. The van der Waals surface area contributed by atoms with E-state index in [0.717, 1.165) is 32.7 Å². The van der Waals surface area contributed by atoms with Crippen LogP contribution in [0.25, 0.3) is 0 Å². The molecule has 1 amide bonds. The molecule has 0 spiro atoms. The molecule has 1 heterocycles. The van der Waals surface area contributed by atoms with Crippen LogP contribution in [0.5, 0.6) is 0 Å². The van der Waals surface area contributed by atoms with Gasteiger partial charge in [0.1, 0.15) is 6.54 Å². The van der Waals surface area contributed by atoms with Crippen LogP contribution in [0.15, 0.2) is 24.3 Å². The number of rotatable bonds is 3. The van der Waals surface area contributed by atoms with Gasteiger partial charge in [0.15, 0.2) is 5.11 Å². The number of hydrogen-bond donors (Lipinski definition) is 3. The van der Waals surface area contributed by atoms with Crippen LogP contribution in [0.4, 0.5) is 0 Å². The monoisotopic (exact) mass is 328 g/mol. The zero-order valence-corrected chi connectivity index (χ0v) is 13.2. The molecule has 5 nitrogen and oxygen atoms in total. The highest BCUT2D eigenvalue weighted by Gasteiger charge is 2.22. The molecule has 114 valence electrons. The summed E-state index contributed by atoms with van der Waals surface area (Å²) in [6.07, 6.45) is 0. The van der Waals surface area contributed by atoms with Gasteiger partial charge in [0, 0.05) is 10.6 Å². The van der Waals surface area contributed by atoms with Crippen molar-refractivity contribution in [1.82, 2.24) is 10.2 Å². The first-order chi connectivity index (χ1) is 10.1. The van der Waals surface area contributed by atoms with Crippen molar-refractivity contribution in [3.63, 3.8) is 0 Å². The van der Waals surface area contributed by atoms with Crippen molar-refractivity contribution < 1.29 is 14.8 Å². The summed E-state index contributed by atoms with van der Waals surface area (Å²) in [5.41, 5.74) is 0.495. The number of carbonyl (C=O) groups is 1. The molecule has 0 unspecified atom stereocenters. The summed E-state index contributed by atoms with van der Waals surface area (Å²) in [4.78, 5) is 15.4. The highest BCUT2D eigenvalue weighted by molar-refractivity contribution is 7.80. The van der Waals surface area contributed by atoms with Crippen LogP contribution in [0.2, 0.25) is 5.02 Å². The van der Waals surface area contributed by atoms with E-state index in [9.17, 15) is 4.79 Å². The molecule has 1 fully saturated rings. The second-order valence-corrected chi connectivity index (χ2v) is 5.80. The summed E-state index contributed by atoms with van der Waals surface area (Å²) in [7, 11) is 0. The smallest absolute Gasteiger partial charge is 0.257 e. The third-order valence-electron chi connectivity index (χ3n) is 3.53. The van der Waals surface area contributed by atoms with Crippen LogP contribution in [-0.4, -0.2) is 60.4 Å². The van der Waals surface area contributed by atoms with E-state index >= 15 is 0 Å². The molecular weight excluding hydrogens is 310 g/mol. The molecule has 7 heteroatoms. The van der Waals surface area contributed by atoms with Gasteiger partial charge in [0.25, 0.3) is 5.91 Å². The van der Waals surface area contributed by atoms with Crippen LogP contribution >= 0.6 is 23.8 Å². The molecule has 21 heavy (non-hydrogen) atoms. The Morgan fingerprint density at radius 3 is 2.76 bits per heavy atom. The number of hydrogen-bond acceptors (Lipinski definition) is 3. The highest BCUT2D eigenvalue weighted by Crippen LogP contribution is 2.10. The minimum atomic E-state index is -0.243. The maximum Gasteiger partial charge on any atom is 0.257 e. The van der Waals surface area contributed by atoms with Crippen LogP contribution in [0, 0.1) is 0 Å². The average molecular weight is 329 g/mol. The SMILES string of the molecule is O=C(NC(=S)N1CC[NH+](CCO)CC1)c1cccc(Cl)c1. The first-order valence-corrected chi connectivity index (χ1v) is 7.69. The van der Waals surface area contributed by atoms with Crippen LogP contribution in [0.3, 0.4) is 0 Å². The number of benzene rings is 1. The Kier molecular flexibility index (Phi) is 5.93. The van der Waals surface area contributed by atoms with Crippen molar-refractivity contribution in [1.29, 1.82) is 0 Å². The highest BCUT2D eigenvalue weighted by atomic mass is 35.5. The molecule has 0 bridgehead atoms. The molecule has 1 aliphatic rings. The molecule has 3 N–H and O–H groups in total. The summed E-state index contributed by atoms with van der Waals surface area (Å²) >= 11 is 11.2. The molecule has 1 aromatic carbocycles. The summed E-state index contributed by atoms with van der Waals surface area (Å²) < 4.78 is 0. The van der Waals surface area contributed by atoms with Crippen molar-refractivity contribution in [2.45, 2.75) is 0 Å². The number of aliphatic hydroxyl groups is 1. The van der Waals surface area contributed by atoms with Gasteiger partial charge in [-0.3, -0.25) is 10.1 Å². The van der Waals surface area contributed by atoms with Crippen molar-refractivity contribution in [3.05, 3.63) is 34.9 Å². The number of thiocarbonyl (C=S) groups is 1. The average Bonchev–Trinajstić information content (AvgIpc) is 2.48. The maximum absolute atomic E-state index is 12.1. The van der Waals surface area contributed by atoms with E-state index in [0.29, 0.717) is 15.7 Å². The largest absolute Gasteiger partial charge is 0.391 e. The fourth-order valence-corrected chi connectivity index (χ4v) is 2.78. The topological polar surface area (TPSA) is 57.0 Å².